The number of nitrogens with one attached hydrogen (secondary N) is 1. The average molecular weight is 962 g/mol. The summed E-state index contributed by atoms with van der Waals surface area (Å²) < 4.78 is 33.3. The van der Waals surface area contributed by atoms with Gasteiger partial charge in [0.1, 0.15) is 57.0 Å². The number of carboxylic acids is 1. The number of likely N-dealkylation sites (N-methyl/N-ethyl adjacent to an activating group) is 1. The molecule has 21 heteroatoms. The van der Waals surface area contributed by atoms with Crippen molar-refractivity contribution in [1.82, 2.24) is 15.1 Å². The summed E-state index contributed by atoms with van der Waals surface area (Å²) in [6, 6.07) is 18.9. The van der Waals surface area contributed by atoms with E-state index in [1.807, 2.05) is 0 Å². The van der Waals surface area contributed by atoms with E-state index in [1.165, 1.54) is 87.7 Å². The summed E-state index contributed by atoms with van der Waals surface area (Å²) in [5.74, 6) is -4.74. The Labute approximate surface area is 392 Å². The highest BCUT2D eigenvalue weighted by molar-refractivity contribution is 8.01. The van der Waals surface area contributed by atoms with Gasteiger partial charge in [-0.1, -0.05) is 6.07 Å². The molecule has 9 rings (SSSR count). The quantitative estimate of drug-likeness (QED) is 0.0596. The average Bonchev–Trinajstić information content (AvgIpc) is 3.56. The van der Waals surface area contributed by atoms with Crippen LogP contribution < -0.4 is 29.9 Å². The first-order chi connectivity index (χ1) is 32.4. The molecule has 0 radical (unpaired) electrons. The van der Waals surface area contributed by atoms with Crippen LogP contribution in [0, 0.1) is 0 Å². The lowest BCUT2D eigenvalue weighted by atomic mass is 9.77. The molecule has 1 spiro atoms. The van der Waals surface area contributed by atoms with Crippen molar-refractivity contribution in [1.29, 1.82) is 0 Å². The Morgan fingerprint density at radius 2 is 1.43 bits per heavy atom. The molecule has 4 aliphatic rings. The van der Waals surface area contributed by atoms with E-state index in [4.69, 9.17) is 28.1 Å². The van der Waals surface area contributed by atoms with Gasteiger partial charge in [-0.2, -0.15) is 0 Å². The number of hydrogen-bond donors (Lipinski definition) is 2. The molecule has 3 amide bonds. The zero-order valence-electron chi connectivity index (χ0n) is 36.1. The second kappa shape index (κ2) is 17.4. The van der Waals surface area contributed by atoms with E-state index in [-0.39, 0.29) is 62.7 Å². The molecule has 1 fully saturated rings. The normalized spacial score (nSPS) is 17.1. The molecular formula is C47H35N3O16S2. The summed E-state index contributed by atoms with van der Waals surface area (Å²) in [4.78, 5) is 117. The molecule has 0 aliphatic carbocycles. The number of ether oxygens (including phenoxy) is 5. The smallest absolute Gasteiger partial charge is 0.352 e. The first kappa shape index (κ1) is 45.3. The van der Waals surface area contributed by atoms with E-state index < -0.39 is 76.8 Å². The Morgan fingerprint density at radius 3 is 2.04 bits per heavy atom. The summed E-state index contributed by atoms with van der Waals surface area (Å²) in [5, 5.41) is 12.5. The molecule has 5 aromatic rings. The summed E-state index contributed by atoms with van der Waals surface area (Å²) in [6.45, 7) is 3.16. The van der Waals surface area contributed by atoms with Crippen LogP contribution in [0.15, 0.2) is 104 Å². The van der Waals surface area contributed by atoms with Crippen molar-refractivity contribution in [2.45, 2.75) is 42.7 Å². The second-order valence-corrected chi connectivity index (χ2v) is 17.9. The highest BCUT2D eigenvalue weighted by Crippen LogP contribution is 2.57. The predicted octanol–water partition coefficient (Wildman–Crippen LogP) is 4.74. The molecule has 2 atom stereocenters. The standard InChI is InChI=1S/C47H35N3O16S2/c1-21(51)61-26-6-5-24-13-31(45(59)65-35(24)14-26)41(55)49(4)18-38(54)48-39-42(56)50-40(44(57)58)25(20-68-43(39)50)19-67-29-9-12-32-30(17-29)46(60)66-47(32)33-10-7-27(62-22(2)52)15-36(33)64-37-16-28(63-23(3)53)8-11-34(37)47/h5-17,39,43H,18-20H2,1-4H3,(H,48,54)(H,57,58). The molecule has 1 saturated heterocycles. The van der Waals surface area contributed by atoms with E-state index in [1.54, 1.807) is 42.5 Å². The molecule has 1 aromatic heterocycles. The zero-order valence-corrected chi connectivity index (χ0v) is 37.7. The Balaban J connectivity index is 0.896. The van der Waals surface area contributed by atoms with Crippen molar-refractivity contribution >= 4 is 82.1 Å². The Bertz CT molecular complexity index is 3130. The van der Waals surface area contributed by atoms with Crippen LogP contribution in [0.3, 0.4) is 0 Å². The van der Waals surface area contributed by atoms with Gasteiger partial charge in [-0.25, -0.2) is 14.4 Å². The molecule has 4 aromatic carbocycles. The molecule has 0 saturated carbocycles. The van der Waals surface area contributed by atoms with Gasteiger partial charge in [0.15, 0.2) is 5.60 Å². The lowest BCUT2D eigenvalue weighted by Crippen LogP contribution is -2.71. The third-order valence-corrected chi connectivity index (χ3v) is 13.6. The SMILES string of the molecule is CC(=O)Oc1ccc2c(c1)Oc1cc(OC(C)=O)ccc1C21OC(=O)c2cc(SCC3=C(C(=O)O)N4C(=O)C(NC(=O)CN(C)C(=O)c5cc6ccc(OC(C)=O)cc6oc5=O)C4SC3)ccc21. The van der Waals surface area contributed by atoms with Crippen LogP contribution in [0.1, 0.15) is 58.2 Å². The van der Waals surface area contributed by atoms with Gasteiger partial charge in [0.25, 0.3) is 11.8 Å². The number of carboxylic acid groups (broad SMARTS) is 1. The van der Waals surface area contributed by atoms with Crippen molar-refractivity contribution in [3.8, 4) is 28.7 Å². The number of carbonyl (C=O) groups excluding carboxylic acids is 7. The molecule has 2 N–H and O–H groups in total. The highest BCUT2D eigenvalue weighted by atomic mass is 32.2. The van der Waals surface area contributed by atoms with Gasteiger partial charge in [-0.05, 0) is 60.2 Å². The first-order valence-corrected chi connectivity index (χ1v) is 22.5. The minimum absolute atomic E-state index is 0.0666. The fourth-order valence-electron chi connectivity index (χ4n) is 8.36. The number of β-lactam (4-membered cyclic amide) rings is 1. The molecular weight excluding hydrogens is 927 g/mol. The first-order valence-electron chi connectivity index (χ1n) is 20.5. The number of aliphatic carboxylic acids is 1. The van der Waals surface area contributed by atoms with E-state index >= 15 is 0 Å². The predicted molar refractivity (Wildman–Crippen MR) is 238 cm³/mol. The number of rotatable bonds is 11. The molecule has 346 valence electrons. The van der Waals surface area contributed by atoms with Gasteiger partial charge in [0.2, 0.25) is 5.91 Å². The largest absolute Gasteiger partial charge is 0.477 e. The summed E-state index contributed by atoms with van der Waals surface area (Å²) >= 11 is 2.48. The van der Waals surface area contributed by atoms with Crippen molar-refractivity contribution in [2.75, 3.05) is 25.1 Å². The van der Waals surface area contributed by atoms with E-state index in [0.717, 1.165) is 9.80 Å². The van der Waals surface area contributed by atoms with Gasteiger partial charge < -0.3 is 43.4 Å². The van der Waals surface area contributed by atoms with Gasteiger partial charge in [-0.15, -0.1) is 23.5 Å². The van der Waals surface area contributed by atoms with Crippen LogP contribution in [-0.2, 0) is 39.1 Å². The Morgan fingerprint density at radius 1 is 0.824 bits per heavy atom. The van der Waals surface area contributed by atoms with Crippen LogP contribution in [0.5, 0.6) is 28.7 Å². The topological polar surface area (TPSA) is 252 Å². The third kappa shape index (κ3) is 8.08. The molecule has 5 heterocycles. The fourth-order valence-corrected chi connectivity index (χ4v) is 10.8. The van der Waals surface area contributed by atoms with E-state index in [9.17, 15) is 48.3 Å². The van der Waals surface area contributed by atoms with Gasteiger partial charge >= 0.3 is 35.5 Å². The maximum atomic E-state index is 13.8. The molecule has 19 nitrogen and oxygen atoms in total. The van der Waals surface area contributed by atoms with Crippen molar-refractivity contribution < 1.29 is 71.6 Å². The number of benzene rings is 4. The third-order valence-electron chi connectivity index (χ3n) is 11.2. The monoisotopic (exact) mass is 961 g/mol. The Kier molecular flexibility index (Phi) is 11.6. The Hall–Kier alpha value is -7.91. The number of amides is 3. The van der Waals surface area contributed by atoms with Gasteiger partial charge in [0, 0.05) is 84.5 Å². The maximum absolute atomic E-state index is 13.8. The van der Waals surface area contributed by atoms with Crippen LogP contribution in [0.4, 0.5) is 0 Å². The zero-order chi connectivity index (χ0) is 48.3. The minimum atomic E-state index is -1.53. The number of fused-ring (bicyclic) bond motifs is 8. The molecule has 0 bridgehead atoms. The second-order valence-electron chi connectivity index (χ2n) is 15.8. The lowest BCUT2D eigenvalue weighted by Gasteiger charge is -2.49. The summed E-state index contributed by atoms with van der Waals surface area (Å²) in [5.41, 5.74) is -1.08. The fraction of sp³-hybridized carbons (Fsp3) is 0.213. The van der Waals surface area contributed by atoms with Crippen molar-refractivity contribution in [2.24, 2.45) is 0 Å². The summed E-state index contributed by atoms with van der Waals surface area (Å²) in [6.07, 6.45) is 0. The van der Waals surface area contributed by atoms with Crippen LogP contribution >= 0.6 is 23.5 Å². The number of nitrogens with zero attached hydrogens (tertiary/aromatic N) is 2. The van der Waals surface area contributed by atoms with Gasteiger partial charge in [0.05, 0.1) is 12.1 Å². The lowest BCUT2D eigenvalue weighted by molar-refractivity contribution is -0.150. The van der Waals surface area contributed by atoms with Crippen molar-refractivity contribution in [3.05, 3.63) is 128 Å². The number of thioether (sulfide) groups is 2. The molecule has 2 unspecified atom stereocenters. The number of hydrogen-bond acceptors (Lipinski definition) is 17. The van der Waals surface area contributed by atoms with Crippen LogP contribution in [0.2, 0.25) is 0 Å². The van der Waals surface area contributed by atoms with E-state index in [0.29, 0.717) is 32.5 Å². The van der Waals surface area contributed by atoms with Crippen LogP contribution in [-0.4, -0.2) is 99.0 Å². The molecule has 68 heavy (non-hydrogen) atoms. The van der Waals surface area contributed by atoms with Gasteiger partial charge in [-0.3, -0.25) is 33.7 Å². The number of esters is 4. The van der Waals surface area contributed by atoms with E-state index in [2.05, 4.69) is 5.32 Å². The number of carbonyl (C=O) groups is 8. The van der Waals surface area contributed by atoms with Crippen molar-refractivity contribution in [3.63, 3.8) is 0 Å². The van der Waals surface area contributed by atoms with Crippen LogP contribution in [0.25, 0.3) is 11.0 Å². The summed E-state index contributed by atoms with van der Waals surface area (Å²) in [7, 11) is 1.28. The highest BCUT2D eigenvalue weighted by Gasteiger charge is 2.55. The molecule has 4 aliphatic heterocycles. The maximum Gasteiger partial charge on any atom is 0.352 e. The minimum Gasteiger partial charge on any atom is -0.477 e.